The molecule has 0 radical (unpaired) electrons. The second-order valence-electron chi connectivity index (χ2n) is 4.58. The Labute approximate surface area is 142 Å². The quantitative estimate of drug-likeness (QED) is 0.568. The van der Waals surface area contributed by atoms with Gasteiger partial charge in [0.25, 0.3) is 0 Å². The molecule has 0 saturated carbocycles. The van der Waals surface area contributed by atoms with E-state index < -0.39 is 5.97 Å². The summed E-state index contributed by atoms with van der Waals surface area (Å²) in [4.78, 5) is 24.0. The zero-order valence-corrected chi connectivity index (χ0v) is 14.3. The molecule has 0 aliphatic rings. The van der Waals surface area contributed by atoms with Crippen LogP contribution in [0.3, 0.4) is 0 Å². The van der Waals surface area contributed by atoms with Crippen LogP contribution in [0.4, 0.5) is 0 Å². The Morgan fingerprint density at radius 3 is 2.17 bits per heavy atom. The van der Waals surface area contributed by atoms with Crippen molar-refractivity contribution in [2.45, 2.75) is 0 Å². The van der Waals surface area contributed by atoms with E-state index in [-0.39, 0.29) is 12.4 Å². The lowest BCUT2D eigenvalue weighted by Gasteiger charge is -2.07. The molecule has 2 aromatic carbocycles. The van der Waals surface area contributed by atoms with Crippen molar-refractivity contribution < 1.29 is 23.8 Å². The minimum absolute atomic E-state index is 0.296. The maximum atomic E-state index is 12.1. The average Bonchev–Trinajstić information content (AvgIpc) is 2.59. The van der Waals surface area contributed by atoms with Gasteiger partial charge in [-0.15, -0.1) is 0 Å². The number of hydrogen-bond donors (Lipinski definition) is 0. The summed E-state index contributed by atoms with van der Waals surface area (Å²) in [5, 5.41) is 0. The van der Waals surface area contributed by atoms with E-state index in [2.05, 4.69) is 15.9 Å². The molecular formula is C17H15BrO5. The molecule has 120 valence electrons. The van der Waals surface area contributed by atoms with Crippen LogP contribution in [0.2, 0.25) is 0 Å². The van der Waals surface area contributed by atoms with Gasteiger partial charge in [0.05, 0.1) is 24.3 Å². The highest BCUT2D eigenvalue weighted by Gasteiger charge is 2.13. The van der Waals surface area contributed by atoms with Crippen molar-refractivity contribution in [2.75, 3.05) is 20.8 Å². The number of Topliss-reactive ketones (excluding diaryl/α,β-unsaturated/α-hetero) is 1. The summed E-state index contributed by atoms with van der Waals surface area (Å²) in [7, 11) is 3.08. The summed E-state index contributed by atoms with van der Waals surface area (Å²) in [6, 6.07) is 11.4. The van der Waals surface area contributed by atoms with Crippen molar-refractivity contribution in [3.63, 3.8) is 0 Å². The van der Waals surface area contributed by atoms with Crippen LogP contribution in [0.1, 0.15) is 20.7 Å². The zero-order valence-electron chi connectivity index (χ0n) is 12.7. The summed E-state index contributed by atoms with van der Waals surface area (Å²) >= 11 is 3.31. The normalized spacial score (nSPS) is 10.0. The number of halogens is 1. The van der Waals surface area contributed by atoms with E-state index in [0.717, 1.165) is 0 Å². The van der Waals surface area contributed by atoms with Crippen molar-refractivity contribution in [2.24, 2.45) is 0 Å². The van der Waals surface area contributed by atoms with Gasteiger partial charge in [0, 0.05) is 5.56 Å². The molecule has 0 atom stereocenters. The minimum Gasteiger partial charge on any atom is -0.497 e. The molecule has 0 aliphatic heterocycles. The van der Waals surface area contributed by atoms with Crippen LogP contribution in [0.15, 0.2) is 46.9 Å². The number of carbonyl (C=O) groups is 2. The maximum absolute atomic E-state index is 12.1. The second-order valence-corrected chi connectivity index (χ2v) is 5.43. The lowest BCUT2D eigenvalue weighted by Crippen LogP contribution is -2.14. The molecule has 6 heteroatoms. The molecule has 0 fully saturated rings. The molecule has 0 aromatic heterocycles. The van der Waals surface area contributed by atoms with Gasteiger partial charge in [-0.05, 0) is 58.4 Å². The average molecular weight is 379 g/mol. The SMILES string of the molecule is COc1ccc(C(=O)OCC(=O)c2ccc(OC)c(Br)c2)cc1. The molecule has 0 amide bonds. The van der Waals surface area contributed by atoms with Crippen molar-refractivity contribution in [1.82, 2.24) is 0 Å². The third kappa shape index (κ3) is 4.32. The smallest absolute Gasteiger partial charge is 0.338 e. The van der Waals surface area contributed by atoms with Crippen molar-refractivity contribution in [3.8, 4) is 11.5 Å². The molecule has 0 unspecified atom stereocenters. The summed E-state index contributed by atoms with van der Waals surface area (Å²) in [5.74, 6) is 0.404. The Kier molecular flexibility index (Phi) is 5.76. The number of carbonyl (C=O) groups excluding carboxylic acids is 2. The fraction of sp³-hybridized carbons (Fsp3) is 0.176. The van der Waals surface area contributed by atoms with Gasteiger partial charge < -0.3 is 14.2 Å². The number of rotatable bonds is 6. The Morgan fingerprint density at radius 1 is 0.957 bits per heavy atom. The van der Waals surface area contributed by atoms with Crippen LogP contribution in [-0.2, 0) is 4.74 Å². The van der Waals surface area contributed by atoms with Crippen LogP contribution in [-0.4, -0.2) is 32.6 Å². The lowest BCUT2D eigenvalue weighted by molar-refractivity contribution is 0.0474. The van der Waals surface area contributed by atoms with Crippen LogP contribution in [0.5, 0.6) is 11.5 Å². The van der Waals surface area contributed by atoms with E-state index in [0.29, 0.717) is 27.1 Å². The first kappa shape index (κ1) is 17.0. The van der Waals surface area contributed by atoms with E-state index >= 15 is 0 Å². The molecule has 23 heavy (non-hydrogen) atoms. The molecule has 5 nitrogen and oxygen atoms in total. The molecule has 2 rings (SSSR count). The predicted molar refractivity (Wildman–Crippen MR) is 88.3 cm³/mol. The van der Waals surface area contributed by atoms with Gasteiger partial charge in [-0.1, -0.05) is 0 Å². The van der Waals surface area contributed by atoms with Crippen LogP contribution in [0.25, 0.3) is 0 Å². The molecular weight excluding hydrogens is 364 g/mol. The van der Waals surface area contributed by atoms with Crippen LogP contribution < -0.4 is 9.47 Å². The highest BCUT2D eigenvalue weighted by molar-refractivity contribution is 9.10. The van der Waals surface area contributed by atoms with Gasteiger partial charge in [-0.3, -0.25) is 4.79 Å². The van der Waals surface area contributed by atoms with Crippen molar-refractivity contribution in [1.29, 1.82) is 0 Å². The maximum Gasteiger partial charge on any atom is 0.338 e. The van der Waals surface area contributed by atoms with Crippen molar-refractivity contribution in [3.05, 3.63) is 58.1 Å². The molecule has 0 saturated heterocycles. The molecule has 2 aromatic rings. The number of ether oxygens (including phenoxy) is 3. The molecule has 0 heterocycles. The van der Waals surface area contributed by atoms with E-state index in [1.165, 1.54) is 7.11 Å². The molecule has 0 spiro atoms. The van der Waals surface area contributed by atoms with Gasteiger partial charge in [-0.25, -0.2) is 4.79 Å². The Morgan fingerprint density at radius 2 is 1.61 bits per heavy atom. The topological polar surface area (TPSA) is 61.8 Å². The first-order valence-corrected chi connectivity index (χ1v) is 7.52. The predicted octanol–water partition coefficient (Wildman–Crippen LogP) is 3.51. The first-order chi connectivity index (χ1) is 11.0. The van der Waals surface area contributed by atoms with Gasteiger partial charge in [-0.2, -0.15) is 0 Å². The van der Waals surface area contributed by atoms with Gasteiger partial charge in [0.15, 0.2) is 12.4 Å². The van der Waals surface area contributed by atoms with Gasteiger partial charge >= 0.3 is 5.97 Å². The van der Waals surface area contributed by atoms with E-state index in [9.17, 15) is 9.59 Å². The highest BCUT2D eigenvalue weighted by atomic mass is 79.9. The summed E-state index contributed by atoms with van der Waals surface area (Å²) in [6.07, 6.45) is 0. The number of hydrogen-bond acceptors (Lipinski definition) is 5. The number of ketones is 1. The molecule has 0 bridgehead atoms. The number of benzene rings is 2. The third-order valence-electron chi connectivity index (χ3n) is 3.13. The lowest BCUT2D eigenvalue weighted by atomic mass is 10.1. The first-order valence-electron chi connectivity index (χ1n) is 6.73. The molecule has 0 aliphatic carbocycles. The fourth-order valence-corrected chi connectivity index (χ4v) is 2.41. The monoisotopic (exact) mass is 378 g/mol. The van der Waals surface area contributed by atoms with Crippen LogP contribution in [0, 0.1) is 0 Å². The van der Waals surface area contributed by atoms with E-state index in [1.807, 2.05) is 0 Å². The van der Waals surface area contributed by atoms with Crippen LogP contribution >= 0.6 is 15.9 Å². The second kappa shape index (κ2) is 7.78. The Hall–Kier alpha value is -2.34. The third-order valence-corrected chi connectivity index (χ3v) is 3.75. The summed E-state index contributed by atoms with van der Waals surface area (Å²) < 4.78 is 15.8. The van der Waals surface area contributed by atoms with E-state index in [1.54, 1.807) is 49.6 Å². The number of esters is 1. The fourth-order valence-electron chi connectivity index (χ4n) is 1.86. The minimum atomic E-state index is -0.561. The standard InChI is InChI=1S/C17H15BrO5/c1-21-13-6-3-11(4-7-13)17(20)23-10-15(19)12-5-8-16(22-2)14(18)9-12/h3-9H,10H2,1-2H3. The molecule has 0 N–H and O–H groups in total. The van der Waals surface area contributed by atoms with Crippen molar-refractivity contribution >= 4 is 27.7 Å². The van der Waals surface area contributed by atoms with Gasteiger partial charge in [0.2, 0.25) is 0 Å². The van der Waals surface area contributed by atoms with E-state index in [4.69, 9.17) is 14.2 Å². The highest BCUT2D eigenvalue weighted by Crippen LogP contribution is 2.25. The largest absolute Gasteiger partial charge is 0.497 e. The van der Waals surface area contributed by atoms with Gasteiger partial charge in [0.1, 0.15) is 11.5 Å². The Bertz CT molecular complexity index is 709. The summed E-state index contributed by atoms with van der Waals surface area (Å²) in [5.41, 5.74) is 0.787. The zero-order chi connectivity index (χ0) is 16.8. The Balaban J connectivity index is 1.97. The summed E-state index contributed by atoms with van der Waals surface area (Å²) in [6.45, 7) is -0.330. The number of methoxy groups -OCH3 is 2.